The first kappa shape index (κ1) is 18.7. The Morgan fingerprint density at radius 2 is 1.87 bits per heavy atom. The summed E-state index contributed by atoms with van der Waals surface area (Å²) in [6.45, 7) is 2.87. The average molecular weight is 420 g/mol. The Morgan fingerprint density at radius 1 is 1.07 bits per heavy atom. The van der Waals surface area contributed by atoms with Gasteiger partial charge in [0.25, 0.3) is 0 Å². The number of hydrogen-bond donors (Lipinski definition) is 1. The van der Waals surface area contributed by atoms with Gasteiger partial charge in [-0.1, -0.05) is 12.1 Å². The summed E-state index contributed by atoms with van der Waals surface area (Å²) in [7, 11) is -3.24. The summed E-state index contributed by atoms with van der Waals surface area (Å²) in [4.78, 5) is 19.3. The van der Waals surface area contributed by atoms with Crippen molar-refractivity contribution in [3.05, 3.63) is 66.4 Å². The third-order valence-corrected chi connectivity index (χ3v) is 6.81. The molecule has 1 aromatic carbocycles. The molecule has 0 bridgehead atoms. The molecule has 3 aromatic heterocycles. The van der Waals surface area contributed by atoms with Crippen LogP contribution in [0.5, 0.6) is 0 Å². The van der Waals surface area contributed by atoms with Gasteiger partial charge in [0.05, 0.1) is 16.3 Å². The molecule has 30 heavy (non-hydrogen) atoms. The summed E-state index contributed by atoms with van der Waals surface area (Å²) in [5.74, 6) is 0. The van der Waals surface area contributed by atoms with Gasteiger partial charge in [-0.2, -0.15) is 0 Å². The molecular weight excluding hydrogens is 398 g/mol. The largest absolute Gasteiger partial charge is 0.363 e. The maximum absolute atomic E-state index is 11.8. The van der Waals surface area contributed by atoms with Gasteiger partial charge in [-0.15, -0.1) is 0 Å². The Labute approximate surface area is 174 Å². The third-order valence-electron chi connectivity index (χ3n) is 5.69. The van der Waals surface area contributed by atoms with Gasteiger partial charge in [0.2, 0.25) is 0 Å². The van der Waals surface area contributed by atoms with Crippen molar-refractivity contribution in [2.75, 3.05) is 11.2 Å². The molecule has 1 unspecified atom stereocenters. The Kier molecular flexibility index (Phi) is 4.32. The Morgan fingerprint density at radius 3 is 2.63 bits per heavy atom. The molecule has 0 amide bonds. The molecule has 1 N–H and O–H groups in total. The van der Waals surface area contributed by atoms with Crippen molar-refractivity contribution < 1.29 is 8.42 Å². The van der Waals surface area contributed by atoms with E-state index in [2.05, 4.69) is 31.8 Å². The number of pyridine rings is 1. The highest BCUT2D eigenvalue weighted by atomic mass is 32.2. The number of rotatable bonds is 3. The van der Waals surface area contributed by atoms with Gasteiger partial charge in [-0.05, 0) is 31.2 Å². The normalized spacial score (nSPS) is 16.6. The minimum absolute atomic E-state index is 0.272. The van der Waals surface area contributed by atoms with E-state index in [4.69, 9.17) is 0 Å². The first-order valence-corrected chi connectivity index (χ1v) is 11.6. The summed E-state index contributed by atoms with van der Waals surface area (Å²) in [6.07, 6.45) is 7.34. The molecule has 0 saturated heterocycles. The number of sulfone groups is 1. The average Bonchev–Trinajstić information content (AvgIpc) is 3.21. The second kappa shape index (κ2) is 6.91. The topological polar surface area (TPSA) is 91.8 Å². The molecule has 0 spiro atoms. The molecule has 0 radical (unpaired) electrons. The van der Waals surface area contributed by atoms with Crippen molar-refractivity contribution in [1.29, 1.82) is 0 Å². The summed E-state index contributed by atoms with van der Waals surface area (Å²) < 4.78 is 23.6. The summed E-state index contributed by atoms with van der Waals surface area (Å²) in [5, 5.41) is 1.09. The number of nitrogens with zero attached hydrogens (tertiary/aromatic N) is 4. The monoisotopic (exact) mass is 419 g/mol. The second-order valence-electron chi connectivity index (χ2n) is 7.70. The number of hydrogen-bond acceptors (Lipinski definition) is 6. The SMILES string of the molecule is CC1Cc2ncnc(-c3ccc(S(C)(=O)=O)cc3)c2CN1c1ccnc2[nH]ccc12. The van der Waals surface area contributed by atoms with Gasteiger partial charge in [-0.3, -0.25) is 0 Å². The molecule has 1 aliphatic rings. The highest BCUT2D eigenvalue weighted by molar-refractivity contribution is 7.90. The van der Waals surface area contributed by atoms with Crippen molar-refractivity contribution in [1.82, 2.24) is 19.9 Å². The highest BCUT2D eigenvalue weighted by Gasteiger charge is 2.28. The van der Waals surface area contributed by atoms with Crippen LogP contribution < -0.4 is 4.90 Å². The number of benzene rings is 1. The standard InChI is InChI=1S/C22H21N5O2S/c1-14-11-19-18(12-27(14)20-8-10-24-22-17(20)7-9-23-22)21(26-13-25-19)15-3-5-16(6-4-15)30(2,28)29/h3-10,13-14H,11-12H2,1-2H3,(H,23,24). The molecular formula is C22H21N5O2S. The molecule has 152 valence electrons. The third kappa shape index (κ3) is 3.13. The van der Waals surface area contributed by atoms with E-state index in [1.165, 1.54) is 6.26 Å². The lowest BCUT2D eigenvalue weighted by molar-refractivity contribution is 0.581. The molecule has 5 rings (SSSR count). The number of aromatic amines is 1. The van der Waals surface area contributed by atoms with Crippen molar-refractivity contribution in [2.45, 2.75) is 30.8 Å². The zero-order valence-electron chi connectivity index (χ0n) is 16.7. The van der Waals surface area contributed by atoms with Crippen LogP contribution in [0.1, 0.15) is 18.2 Å². The van der Waals surface area contributed by atoms with Crippen molar-refractivity contribution in [3.63, 3.8) is 0 Å². The van der Waals surface area contributed by atoms with Crippen molar-refractivity contribution in [2.24, 2.45) is 0 Å². The summed E-state index contributed by atoms with van der Waals surface area (Å²) in [6, 6.07) is 11.3. The minimum atomic E-state index is -3.24. The number of fused-ring (bicyclic) bond motifs is 2. The predicted molar refractivity (Wildman–Crippen MR) is 116 cm³/mol. The van der Waals surface area contributed by atoms with Gasteiger partial charge in [-0.25, -0.2) is 23.4 Å². The van der Waals surface area contributed by atoms with E-state index in [-0.39, 0.29) is 6.04 Å². The fraction of sp³-hybridized carbons (Fsp3) is 0.227. The fourth-order valence-corrected chi connectivity index (χ4v) is 4.77. The Hall–Kier alpha value is -3.26. The molecule has 4 heterocycles. The molecule has 7 nitrogen and oxygen atoms in total. The Bertz CT molecular complexity index is 1350. The molecule has 0 saturated carbocycles. The maximum Gasteiger partial charge on any atom is 0.175 e. The van der Waals surface area contributed by atoms with E-state index >= 15 is 0 Å². The van der Waals surface area contributed by atoms with Crippen LogP contribution in [-0.4, -0.2) is 40.7 Å². The first-order chi connectivity index (χ1) is 14.4. The highest BCUT2D eigenvalue weighted by Crippen LogP contribution is 2.35. The van der Waals surface area contributed by atoms with E-state index in [1.807, 2.05) is 36.7 Å². The molecule has 4 aromatic rings. The van der Waals surface area contributed by atoms with Crippen LogP contribution in [0.25, 0.3) is 22.3 Å². The summed E-state index contributed by atoms with van der Waals surface area (Å²) >= 11 is 0. The van der Waals surface area contributed by atoms with Gasteiger partial charge in [0.15, 0.2) is 9.84 Å². The van der Waals surface area contributed by atoms with Crippen molar-refractivity contribution in [3.8, 4) is 11.3 Å². The van der Waals surface area contributed by atoms with Crippen LogP contribution in [0, 0.1) is 0 Å². The van der Waals surface area contributed by atoms with E-state index in [1.54, 1.807) is 18.5 Å². The van der Waals surface area contributed by atoms with E-state index in [0.29, 0.717) is 11.4 Å². The van der Waals surface area contributed by atoms with Gasteiger partial charge in [0.1, 0.15) is 12.0 Å². The maximum atomic E-state index is 11.8. The number of aromatic nitrogens is 4. The van der Waals surface area contributed by atoms with Crippen LogP contribution in [0.4, 0.5) is 5.69 Å². The molecule has 0 fully saturated rings. The summed E-state index contributed by atoms with van der Waals surface area (Å²) in [5.41, 5.74) is 5.83. The lowest BCUT2D eigenvalue weighted by Crippen LogP contribution is -2.39. The van der Waals surface area contributed by atoms with Crippen LogP contribution in [-0.2, 0) is 22.8 Å². The smallest absolute Gasteiger partial charge is 0.175 e. The Balaban J connectivity index is 1.58. The van der Waals surface area contributed by atoms with Crippen LogP contribution in [0.3, 0.4) is 0 Å². The fourth-order valence-electron chi connectivity index (χ4n) is 4.14. The molecule has 1 aliphatic heterocycles. The lowest BCUT2D eigenvalue weighted by atomic mass is 9.95. The van der Waals surface area contributed by atoms with Crippen molar-refractivity contribution >= 4 is 26.6 Å². The van der Waals surface area contributed by atoms with E-state index in [0.717, 1.165) is 45.7 Å². The molecule has 0 aliphatic carbocycles. The van der Waals surface area contributed by atoms with Crippen LogP contribution >= 0.6 is 0 Å². The van der Waals surface area contributed by atoms with Gasteiger partial charge < -0.3 is 9.88 Å². The number of anilines is 1. The zero-order valence-corrected chi connectivity index (χ0v) is 17.5. The lowest BCUT2D eigenvalue weighted by Gasteiger charge is -2.37. The van der Waals surface area contributed by atoms with Gasteiger partial charge in [0, 0.05) is 59.9 Å². The predicted octanol–water partition coefficient (Wildman–Crippen LogP) is 3.37. The zero-order chi connectivity index (χ0) is 20.9. The second-order valence-corrected chi connectivity index (χ2v) is 9.71. The minimum Gasteiger partial charge on any atom is -0.363 e. The number of nitrogens with one attached hydrogen (secondary N) is 1. The van der Waals surface area contributed by atoms with E-state index in [9.17, 15) is 8.42 Å². The first-order valence-electron chi connectivity index (χ1n) is 9.74. The molecule has 8 heteroatoms. The quantitative estimate of drug-likeness (QED) is 0.547. The number of H-pyrrole nitrogens is 1. The molecule has 1 atom stereocenters. The van der Waals surface area contributed by atoms with Crippen LogP contribution in [0.2, 0.25) is 0 Å². The van der Waals surface area contributed by atoms with E-state index < -0.39 is 9.84 Å². The van der Waals surface area contributed by atoms with Gasteiger partial charge >= 0.3 is 0 Å². The van der Waals surface area contributed by atoms with Crippen LogP contribution in [0.15, 0.2) is 60.0 Å².